The number of pyridine rings is 1. The summed E-state index contributed by atoms with van der Waals surface area (Å²) < 4.78 is 6.90. The van der Waals surface area contributed by atoms with E-state index in [-0.39, 0.29) is 6.10 Å². The molecule has 3 nitrogen and oxygen atoms in total. The van der Waals surface area contributed by atoms with E-state index in [1.165, 1.54) is 0 Å². The maximum Gasteiger partial charge on any atom is 0.216 e. The van der Waals surface area contributed by atoms with Crippen LogP contribution in [-0.2, 0) is 0 Å². The Labute approximate surface area is 110 Å². The van der Waals surface area contributed by atoms with Gasteiger partial charge in [-0.05, 0) is 60.5 Å². The number of rotatable bonds is 3. The average Bonchev–Trinajstić information content (AvgIpc) is 2.34. The molecular formula is C13H18BrNO2. The summed E-state index contributed by atoms with van der Waals surface area (Å²) in [5, 5.41) is 9.08. The summed E-state index contributed by atoms with van der Waals surface area (Å²) in [6.45, 7) is 2.31. The van der Waals surface area contributed by atoms with Crippen LogP contribution in [0, 0.1) is 12.8 Å². The molecule has 1 N–H and O–H groups in total. The first kappa shape index (κ1) is 12.8. The fourth-order valence-corrected chi connectivity index (χ4v) is 2.69. The topological polar surface area (TPSA) is 42.4 Å². The number of aromatic nitrogens is 1. The molecule has 0 bridgehead atoms. The number of halogens is 1. The van der Waals surface area contributed by atoms with Gasteiger partial charge in [-0.15, -0.1) is 0 Å². The molecule has 0 aromatic carbocycles. The van der Waals surface area contributed by atoms with Crippen LogP contribution in [0.25, 0.3) is 0 Å². The average molecular weight is 300 g/mol. The summed E-state index contributed by atoms with van der Waals surface area (Å²) in [7, 11) is 0. The van der Waals surface area contributed by atoms with E-state index in [2.05, 4.69) is 20.9 Å². The van der Waals surface area contributed by atoms with E-state index in [4.69, 9.17) is 9.84 Å². The van der Waals surface area contributed by atoms with Crippen LogP contribution in [0.5, 0.6) is 5.88 Å². The van der Waals surface area contributed by atoms with Crippen LogP contribution in [-0.4, -0.2) is 22.8 Å². The summed E-state index contributed by atoms with van der Waals surface area (Å²) in [6.07, 6.45) is 6.16. The highest BCUT2D eigenvalue weighted by atomic mass is 79.9. The molecule has 94 valence electrons. The van der Waals surface area contributed by atoms with Crippen molar-refractivity contribution in [1.82, 2.24) is 4.98 Å². The van der Waals surface area contributed by atoms with Gasteiger partial charge in [0.2, 0.25) is 5.88 Å². The van der Waals surface area contributed by atoms with Gasteiger partial charge >= 0.3 is 0 Å². The predicted octanol–water partition coefficient (Wildman–Crippen LogP) is 3.08. The van der Waals surface area contributed by atoms with Gasteiger partial charge in [-0.1, -0.05) is 0 Å². The molecule has 1 fully saturated rings. The molecule has 1 heterocycles. The number of aliphatic hydroxyl groups is 1. The van der Waals surface area contributed by atoms with Crippen LogP contribution >= 0.6 is 15.9 Å². The summed E-state index contributed by atoms with van der Waals surface area (Å²) in [6, 6.07) is 2.02. The Bertz CT molecular complexity index is 376. The number of hydrogen-bond donors (Lipinski definition) is 1. The number of aryl methyl sites for hydroxylation is 1. The zero-order valence-electron chi connectivity index (χ0n) is 10.0. The lowest BCUT2D eigenvalue weighted by molar-refractivity contribution is 0.0999. The minimum Gasteiger partial charge on any atom is -0.474 e. The second kappa shape index (κ2) is 5.83. The van der Waals surface area contributed by atoms with Gasteiger partial charge in [-0.2, -0.15) is 0 Å². The number of aliphatic hydroxyl groups excluding tert-OH is 1. The van der Waals surface area contributed by atoms with Gasteiger partial charge in [0.05, 0.1) is 0 Å². The summed E-state index contributed by atoms with van der Waals surface area (Å²) in [4.78, 5) is 4.29. The molecule has 1 aromatic heterocycles. The summed E-state index contributed by atoms with van der Waals surface area (Å²) in [5.41, 5.74) is 1.06. The van der Waals surface area contributed by atoms with Crippen molar-refractivity contribution in [2.45, 2.75) is 38.7 Å². The smallest absolute Gasteiger partial charge is 0.216 e. The van der Waals surface area contributed by atoms with Crippen LogP contribution in [0.1, 0.15) is 31.2 Å². The van der Waals surface area contributed by atoms with E-state index in [1.54, 1.807) is 6.20 Å². The van der Waals surface area contributed by atoms with Gasteiger partial charge in [0, 0.05) is 22.8 Å². The van der Waals surface area contributed by atoms with Crippen molar-refractivity contribution < 1.29 is 9.84 Å². The van der Waals surface area contributed by atoms with Gasteiger partial charge in [-0.3, -0.25) is 0 Å². The third kappa shape index (κ3) is 3.42. The maximum absolute atomic E-state index is 9.08. The second-order valence-electron chi connectivity index (χ2n) is 4.72. The monoisotopic (exact) mass is 299 g/mol. The minimum atomic E-state index is 0.255. The van der Waals surface area contributed by atoms with Crippen molar-refractivity contribution in [3.05, 3.63) is 22.3 Å². The van der Waals surface area contributed by atoms with Crippen molar-refractivity contribution >= 4 is 15.9 Å². The highest BCUT2D eigenvalue weighted by Gasteiger charge is 2.22. The van der Waals surface area contributed by atoms with E-state index in [9.17, 15) is 0 Å². The first-order chi connectivity index (χ1) is 8.19. The van der Waals surface area contributed by atoms with Gasteiger partial charge in [0.25, 0.3) is 0 Å². The Hall–Kier alpha value is -0.610. The zero-order valence-corrected chi connectivity index (χ0v) is 11.6. The normalized spacial score (nSPS) is 24.6. The lowest BCUT2D eigenvalue weighted by Gasteiger charge is -2.27. The Balaban J connectivity index is 1.93. The molecule has 1 saturated carbocycles. The summed E-state index contributed by atoms with van der Waals surface area (Å²) in [5.74, 6) is 1.20. The fourth-order valence-electron chi connectivity index (χ4n) is 2.24. The molecule has 0 unspecified atom stereocenters. The van der Waals surface area contributed by atoms with Gasteiger partial charge < -0.3 is 9.84 Å². The quantitative estimate of drug-likeness (QED) is 0.933. The third-order valence-electron chi connectivity index (χ3n) is 3.33. The SMILES string of the molecule is Cc1cc(Br)cnc1OC1CCC(CO)CC1. The van der Waals surface area contributed by atoms with E-state index < -0.39 is 0 Å². The van der Waals surface area contributed by atoms with Gasteiger partial charge in [-0.25, -0.2) is 4.98 Å². The number of ether oxygens (including phenoxy) is 1. The third-order valence-corrected chi connectivity index (χ3v) is 3.76. The highest BCUT2D eigenvalue weighted by Crippen LogP contribution is 2.28. The van der Waals surface area contributed by atoms with E-state index in [0.717, 1.165) is 41.6 Å². The highest BCUT2D eigenvalue weighted by molar-refractivity contribution is 9.10. The molecule has 17 heavy (non-hydrogen) atoms. The fraction of sp³-hybridized carbons (Fsp3) is 0.615. The Morgan fingerprint density at radius 3 is 2.71 bits per heavy atom. The van der Waals surface area contributed by atoms with Crippen LogP contribution in [0.15, 0.2) is 16.7 Å². The minimum absolute atomic E-state index is 0.255. The van der Waals surface area contributed by atoms with E-state index >= 15 is 0 Å². The second-order valence-corrected chi connectivity index (χ2v) is 5.63. The molecule has 1 aliphatic rings. The largest absolute Gasteiger partial charge is 0.474 e. The molecule has 0 radical (unpaired) electrons. The number of nitrogens with zero attached hydrogens (tertiary/aromatic N) is 1. The maximum atomic E-state index is 9.08. The molecule has 0 amide bonds. The van der Waals surface area contributed by atoms with Crippen LogP contribution < -0.4 is 4.74 Å². The van der Waals surface area contributed by atoms with Crippen LogP contribution in [0.3, 0.4) is 0 Å². The Morgan fingerprint density at radius 2 is 2.12 bits per heavy atom. The van der Waals surface area contributed by atoms with E-state index in [0.29, 0.717) is 12.5 Å². The van der Waals surface area contributed by atoms with Crippen LogP contribution in [0.2, 0.25) is 0 Å². The van der Waals surface area contributed by atoms with Crippen molar-refractivity contribution in [2.75, 3.05) is 6.61 Å². The van der Waals surface area contributed by atoms with Gasteiger partial charge in [0.1, 0.15) is 6.10 Å². The van der Waals surface area contributed by atoms with Crippen molar-refractivity contribution in [1.29, 1.82) is 0 Å². The Morgan fingerprint density at radius 1 is 1.41 bits per heavy atom. The Kier molecular flexibility index (Phi) is 4.40. The first-order valence-electron chi connectivity index (χ1n) is 6.08. The lowest BCUT2D eigenvalue weighted by Crippen LogP contribution is -2.26. The van der Waals surface area contributed by atoms with Gasteiger partial charge in [0.15, 0.2) is 0 Å². The van der Waals surface area contributed by atoms with Crippen molar-refractivity contribution in [3.63, 3.8) is 0 Å². The molecule has 0 aliphatic heterocycles. The molecule has 1 aliphatic carbocycles. The summed E-state index contributed by atoms with van der Waals surface area (Å²) >= 11 is 3.39. The molecule has 0 atom stereocenters. The van der Waals surface area contributed by atoms with Crippen molar-refractivity contribution in [3.8, 4) is 5.88 Å². The molecular weight excluding hydrogens is 282 g/mol. The zero-order chi connectivity index (χ0) is 12.3. The first-order valence-corrected chi connectivity index (χ1v) is 6.88. The van der Waals surface area contributed by atoms with Crippen molar-refractivity contribution in [2.24, 2.45) is 5.92 Å². The molecule has 2 rings (SSSR count). The van der Waals surface area contributed by atoms with E-state index in [1.807, 2.05) is 13.0 Å². The number of hydrogen-bond acceptors (Lipinski definition) is 3. The molecule has 4 heteroatoms. The molecule has 0 saturated heterocycles. The van der Waals surface area contributed by atoms with Crippen LogP contribution in [0.4, 0.5) is 0 Å². The predicted molar refractivity (Wildman–Crippen MR) is 70.1 cm³/mol. The molecule has 1 aromatic rings. The molecule has 0 spiro atoms. The lowest BCUT2D eigenvalue weighted by atomic mass is 9.88. The standard InChI is InChI=1S/C13H18BrNO2/c1-9-6-11(14)7-15-13(9)17-12-4-2-10(8-16)3-5-12/h6-7,10,12,16H,2-5,8H2,1H3.